The van der Waals surface area contributed by atoms with E-state index in [4.69, 9.17) is 14.2 Å². The van der Waals surface area contributed by atoms with Gasteiger partial charge >= 0.3 is 11.9 Å². The highest BCUT2D eigenvalue weighted by molar-refractivity contribution is 5.69. The Bertz CT molecular complexity index is 372. The number of morpholine rings is 1. The van der Waals surface area contributed by atoms with E-state index in [0.29, 0.717) is 32.6 Å². The van der Waals surface area contributed by atoms with E-state index < -0.39 is 0 Å². The second-order valence-electron chi connectivity index (χ2n) is 6.41. The van der Waals surface area contributed by atoms with Gasteiger partial charge in [-0.3, -0.25) is 14.5 Å². The van der Waals surface area contributed by atoms with Gasteiger partial charge < -0.3 is 19.1 Å². The average Bonchev–Trinajstić information content (AvgIpc) is 2.62. The highest BCUT2D eigenvalue weighted by atomic mass is 16.5. The third-order valence-electron chi connectivity index (χ3n) is 4.12. The van der Waals surface area contributed by atoms with Crippen molar-refractivity contribution in [2.24, 2.45) is 0 Å². The number of hydrogen-bond donors (Lipinski definition) is 0. The Labute approximate surface area is 151 Å². The summed E-state index contributed by atoms with van der Waals surface area (Å²) in [6.45, 7) is 9.00. The lowest BCUT2D eigenvalue weighted by Gasteiger charge is -2.28. The van der Waals surface area contributed by atoms with Gasteiger partial charge in [0, 0.05) is 39.1 Å². The molecule has 0 atom stereocenters. The maximum Gasteiger partial charge on any atom is 0.307 e. The minimum Gasteiger partial charge on any atom is -0.466 e. The first kappa shape index (κ1) is 21.9. The molecule has 0 spiro atoms. The number of rotatable bonds is 13. The number of esters is 2. The van der Waals surface area contributed by atoms with E-state index in [0.717, 1.165) is 58.7 Å². The summed E-state index contributed by atoms with van der Waals surface area (Å²) in [5.41, 5.74) is 0. The molecule has 7 nitrogen and oxygen atoms in total. The zero-order valence-electron chi connectivity index (χ0n) is 15.8. The Morgan fingerprint density at radius 2 is 1.60 bits per heavy atom. The summed E-state index contributed by atoms with van der Waals surface area (Å²) >= 11 is 0. The fourth-order valence-electron chi connectivity index (χ4n) is 2.46. The summed E-state index contributed by atoms with van der Waals surface area (Å²) < 4.78 is 15.6. The molecule has 0 aromatic carbocycles. The second-order valence-corrected chi connectivity index (χ2v) is 6.41. The molecule has 0 N–H and O–H groups in total. The fourth-order valence-corrected chi connectivity index (χ4v) is 2.46. The first-order valence-electron chi connectivity index (χ1n) is 9.41. The van der Waals surface area contributed by atoms with Crippen LogP contribution in [0.2, 0.25) is 0 Å². The van der Waals surface area contributed by atoms with Gasteiger partial charge in [0.2, 0.25) is 0 Å². The summed E-state index contributed by atoms with van der Waals surface area (Å²) in [5, 5.41) is 0. The molecule has 7 heteroatoms. The van der Waals surface area contributed by atoms with Crippen LogP contribution in [0.15, 0.2) is 0 Å². The molecule has 0 aromatic heterocycles. The van der Waals surface area contributed by atoms with Crippen LogP contribution in [0, 0.1) is 0 Å². The Balaban J connectivity index is 1.92. The molecular weight excluding hydrogens is 324 g/mol. The van der Waals surface area contributed by atoms with Gasteiger partial charge in [-0.25, -0.2) is 0 Å². The van der Waals surface area contributed by atoms with Crippen LogP contribution >= 0.6 is 0 Å². The van der Waals surface area contributed by atoms with Crippen molar-refractivity contribution in [1.29, 1.82) is 0 Å². The van der Waals surface area contributed by atoms with Gasteiger partial charge in [-0.15, -0.1) is 0 Å². The summed E-state index contributed by atoms with van der Waals surface area (Å²) in [5.74, 6) is -0.319. The van der Waals surface area contributed by atoms with Crippen LogP contribution in [0.3, 0.4) is 0 Å². The topological polar surface area (TPSA) is 68.3 Å². The Morgan fingerprint density at radius 1 is 1.00 bits per heavy atom. The van der Waals surface area contributed by atoms with E-state index >= 15 is 0 Å². The normalized spacial score (nSPS) is 15.3. The van der Waals surface area contributed by atoms with Gasteiger partial charge in [-0.2, -0.15) is 0 Å². The smallest absolute Gasteiger partial charge is 0.307 e. The maximum absolute atomic E-state index is 11.7. The van der Waals surface area contributed by atoms with Crippen LogP contribution in [-0.4, -0.2) is 87.9 Å². The van der Waals surface area contributed by atoms with Crippen molar-refractivity contribution in [3.63, 3.8) is 0 Å². The molecule has 1 heterocycles. The summed E-state index contributed by atoms with van der Waals surface area (Å²) in [7, 11) is 2.03. The van der Waals surface area contributed by atoms with Crippen LogP contribution in [0.25, 0.3) is 0 Å². The third-order valence-corrected chi connectivity index (χ3v) is 4.12. The highest BCUT2D eigenvalue weighted by Gasteiger charge is 2.11. The minimum absolute atomic E-state index is 0.153. The van der Waals surface area contributed by atoms with Gasteiger partial charge in [0.1, 0.15) is 0 Å². The number of ether oxygens (including phenoxy) is 3. The second kappa shape index (κ2) is 14.0. The van der Waals surface area contributed by atoms with E-state index in [1.54, 1.807) is 0 Å². The van der Waals surface area contributed by atoms with E-state index in [2.05, 4.69) is 9.80 Å². The molecule has 146 valence electrons. The predicted molar refractivity (Wildman–Crippen MR) is 95.4 cm³/mol. The molecule has 0 aromatic rings. The Hall–Kier alpha value is -1.18. The van der Waals surface area contributed by atoms with Crippen molar-refractivity contribution in [3.8, 4) is 0 Å². The van der Waals surface area contributed by atoms with E-state index in [1.807, 2.05) is 14.0 Å². The lowest BCUT2D eigenvalue weighted by Crippen LogP contribution is -2.41. The molecule has 1 aliphatic heterocycles. The molecule has 0 radical (unpaired) electrons. The van der Waals surface area contributed by atoms with E-state index in [-0.39, 0.29) is 11.9 Å². The molecule has 1 fully saturated rings. The summed E-state index contributed by atoms with van der Waals surface area (Å²) in [6.07, 6.45) is 3.12. The van der Waals surface area contributed by atoms with Gasteiger partial charge in [-0.1, -0.05) is 6.92 Å². The van der Waals surface area contributed by atoms with Crippen LogP contribution in [0.5, 0.6) is 0 Å². The molecule has 25 heavy (non-hydrogen) atoms. The average molecular weight is 358 g/mol. The van der Waals surface area contributed by atoms with E-state index in [9.17, 15) is 9.59 Å². The molecule has 1 rings (SSSR count). The molecular formula is C18H34N2O5. The van der Waals surface area contributed by atoms with Crippen molar-refractivity contribution in [3.05, 3.63) is 0 Å². The molecule has 0 amide bonds. The molecule has 0 aliphatic carbocycles. The van der Waals surface area contributed by atoms with Crippen LogP contribution in [0.4, 0.5) is 0 Å². The highest BCUT2D eigenvalue weighted by Crippen LogP contribution is 1.99. The van der Waals surface area contributed by atoms with Crippen LogP contribution in [0.1, 0.15) is 39.0 Å². The van der Waals surface area contributed by atoms with Gasteiger partial charge in [0.15, 0.2) is 0 Å². The third kappa shape index (κ3) is 11.9. The van der Waals surface area contributed by atoms with Crippen molar-refractivity contribution in [2.45, 2.75) is 39.0 Å². The molecule has 0 bridgehead atoms. The zero-order chi connectivity index (χ0) is 18.3. The quantitative estimate of drug-likeness (QED) is 0.363. The summed E-state index contributed by atoms with van der Waals surface area (Å²) in [4.78, 5) is 27.4. The number of carbonyl (C=O) groups excluding carboxylic acids is 2. The number of unbranched alkanes of at least 4 members (excludes halogenated alkanes) is 1. The number of nitrogens with zero attached hydrogens (tertiary/aromatic N) is 2. The predicted octanol–water partition coefficient (Wildman–Crippen LogP) is 1.31. The number of carbonyl (C=O) groups is 2. The molecule has 0 unspecified atom stereocenters. The largest absolute Gasteiger partial charge is 0.466 e. The number of likely N-dealkylation sites (N-methyl/N-ethyl adjacent to an activating group) is 1. The first-order chi connectivity index (χ1) is 12.1. The minimum atomic E-state index is -0.166. The maximum atomic E-state index is 11.7. The molecule has 0 saturated carbocycles. The Kier molecular flexibility index (Phi) is 12.3. The monoisotopic (exact) mass is 358 g/mol. The van der Waals surface area contributed by atoms with Crippen molar-refractivity contribution in [2.75, 3.05) is 66.2 Å². The standard InChI is InChI=1S/C18H34N2O5/c1-3-6-17(21)24-13-4-5-14-25-18(22)7-8-19(2)9-10-20-11-15-23-16-12-20/h3-16H2,1-2H3. The van der Waals surface area contributed by atoms with Crippen molar-refractivity contribution in [1.82, 2.24) is 9.80 Å². The number of hydrogen-bond acceptors (Lipinski definition) is 7. The van der Waals surface area contributed by atoms with Gasteiger partial charge in [0.05, 0.1) is 32.8 Å². The molecule has 1 aliphatic rings. The van der Waals surface area contributed by atoms with Gasteiger partial charge in [0.25, 0.3) is 0 Å². The van der Waals surface area contributed by atoms with Crippen molar-refractivity contribution < 1.29 is 23.8 Å². The lowest BCUT2D eigenvalue weighted by molar-refractivity contribution is -0.146. The van der Waals surface area contributed by atoms with Crippen LogP contribution in [-0.2, 0) is 23.8 Å². The van der Waals surface area contributed by atoms with Crippen LogP contribution < -0.4 is 0 Å². The van der Waals surface area contributed by atoms with Crippen molar-refractivity contribution >= 4 is 11.9 Å². The van der Waals surface area contributed by atoms with Gasteiger partial charge in [-0.05, 0) is 26.3 Å². The fraction of sp³-hybridized carbons (Fsp3) is 0.889. The van der Waals surface area contributed by atoms with E-state index in [1.165, 1.54) is 0 Å². The molecule has 1 saturated heterocycles. The first-order valence-corrected chi connectivity index (χ1v) is 9.41. The zero-order valence-corrected chi connectivity index (χ0v) is 15.8. The SMILES string of the molecule is CCCC(=O)OCCCCOC(=O)CCN(C)CCN1CCOCC1. The lowest BCUT2D eigenvalue weighted by atomic mass is 10.3. The Morgan fingerprint density at radius 3 is 2.20 bits per heavy atom. The summed E-state index contributed by atoms with van der Waals surface area (Å²) in [6, 6.07) is 0.